The van der Waals surface area contributed by atoms with Crippen molar-refractivity contribution in [1.29, 1.82) is 0 Å². The van der Waals surface area contributed by atoms with Crippen LogP contribution in [0.4, 0.5) is 0 Å². The fourth-order valence-electron chi connectivity index (χ4n) is 1.54. The maximum absolute atomic E-state index is 10.7. The van der Waals surface area contributed by atoms with E-state index in [-0.39, 0.29) is 5.91 Å². The second-order valence-corrected chi connectivity index (χ2v) is 2.92. The van der Waals surface area contributed by atoms with Crippen molar-refractivity contribution in [2.45, 2.75) is 32.1 Å². The number of rotatable bonds is 2. The average molecular weight is 142 g/mol. The minimum absolute atomic E-state index is 0.0214. The van der Waals surface area contributed by atoms with Crippen LogP contribution in [0, 0.1) is 5.92 Å². The Kier molecular flexibility index (Phi) is 2.68. The SMILES string of the molecule is NNC(=O)CC1CCCC1. The summed E-state index contributed by atoms with van der Waals surface area (Å²) in [5.41, 5.74) is 2.15. The maximum atomic E-state index is 10.7. The highest BCUT2D eigenvalue weighted by atomic mass is 16.2. The van der Waals surface area contributed by atoms with E-state index >= 15 is 0 Å². The molecule has 1 saturated carbocycles. The molecular formula is C7H14N2O. The quantitative estimate of drug-likeness (QED) is 0.336. The van der Waals surface area contributed by atoms with Gasteiger partial charge < -0.3 is 0 Å². The topological polar surface area (TPSA) is 55.1 Å². The molecule has 1 fully saturated rings. The van der Waals surface area contributed by atoms with Crippen LogP contribution < -0.4 is 11.3 Å². The van der Waals surface area contributed by atoms with E-state index in [1.807, 2.05) is 0 Å². The molecule has 1 aliphatic carbocycles. The summed E-state index contributed by atoms with van der Waals surface area (Å²) in [6.07, 6.45) is 5.59. The van der Waals surface area contributed by atoms with E-state index in [0.29, 0.717) is 12.3 Å². The first-order valence-corrected chi connectivity index (χ1v) is 3.82. The third-order valence-corrected chi connectivity index (χ3v) is 2.11. The molecule has 0 atom stereocenters. The van der Waals surface area contributed by atoms with Crippen LogP contribution in [0.25, 0.3) is 0 Å². The van der Waals surface area contributed by atoms with Gasteiger partial charge in [0, 0.05) is 6.42 Å². The number of hydrazine groups is 1. The zero-order valence-electron chi connectivity index (χ0n) is 6.10. The van der Waals surface area contributed by atoms with Crippen LogP contribution in [-0.4, -0.2) is 5.91 Å². The predicted octanol–water partition coefficient (Wildman–Crippen LogP) is 0.557. The van der Waals surface area contributed by atoms with Gasteiger partial charge >= 0.3 is 0 Å². The molecule has 0 saturated heterocycles. The standard InChI is InChI=1S/C7H14N2O/c8-9-7(10)5-6-3-1-2-4-6/h6H,1-5,8H2,(H,9,10). The van der Waals surface area contributed by atoms with Gasteiger partial charge in [-0.2, -0.15) is 0 Å². The fraction of sp³-hybridized carbons (Fsp3) is 0.857. The highest BCUT2D eigenvalue weighted by Crippen LogP contribution is 2.26. The van der Waals surface area contributed by atoms with Crippen molar-refractivity contribution in [1.82, 2.24) is 5.43 Å². The molecule has 58 valence electrons. The van der Waals surface area contributed by atoms with Gasteiger partial charge in [0.25, 0.3) is 0 Å². The molecule has 1 rings (SSSR count). The van der Waals surface area contributed by atoms with Gasteiger partial charge in [-0.25, -0.2) is 5.84 Å². The molecule has 0 heterocycles. The summed E-state index contributed by atoms with van der Waals surface area (Å²) < 4.78 is 0. The third kappa shape index (κ3) is 1.99. The minimum atomic E-state index is -0.0214. The Hall–Kier alpha value is -0.570. The normalized spacial score (nSPS) is 19.3. The maximum Gasteiger partial charge on any atom is 0.234 e. The van der Waals surface area contributed by atoms with E-state index in [0.717, 1.165) is 0 Å². The highest BCUT2D eigenvalue weighted by Gasteiger charge is 2.17. The lowest BCUT2D eigenvalue weighted by atomic mass is 10.0. The molecule has 0 unspecified atom stereocenters. The van der Waals surface area contributed by atoms with Crippen molar-refractivity contribution < 1.29 is 4.79 Å². The zero-order valence-corrected chi connectivity index (χ0v) is 6.10. The first-order valence-electron chi connectivity index (χ1n) is 3.82. The van der Waals surface area contributed by atoms with Gasteiger partial charge in [0.05, 0.1) is 0 Å². The smallest absolute Gasteiger partial charge is 0.234 e. The van der Waals surface area contributed by atoms with Crippen molar-refractivity contribution in [3.8, 4) is 0 Å². The van der Waals surface area contributed by atoms with Gasteiger partial charge in [-0.1, -0.05) is 12.8 Å². The summed E-state index contributed by atoms with van der Waals surface area (Å²) in [6, 6.07) is 0. The Morgan fingerprint density at radius 2 is 2.10 bits per heavy atom. The molecule has 1 aliphatic rings. The monoisotopic (exact) mass is 142 g/mol. The average Bonchev–Trinajstić information content (AvgIpc) is 2.40. The third-order valence-electron chi connectivity index (χ3n) is 2.11. The van der Waals surface area contributed by atoms with Crippen molar-refractivity contribution >= 4 is 5.91 Å². The van der Waals surface area contributed by atoms with Gasteiger partial charge in [-0.05, 0) is 18.8 Å². The lowest BCUT2D eigenvalue weighted by molar-refractivity contribution is -0.122. The van der Waals surface area contributed by atoms with Gasteiger partial charge in [-0.15, -0.1) is 0 Å². The number of nitrogens with one attached hydrogen (secondary N) is 1. The van der Waals surface area contributed by atoms with Crippen LogP contribution in [-0.2, 0) is 4.79 Å². The number of hydrogen-bond acceptors (Lipinski definition) is 2. The Bertz CT molecular complexity index is 119. The van der Waals surface area contributed by atoms with Crippen molar-refractivity contribution in [3.05, 3.63) is 0 Å². The Morgan fingerprint density at radius 1 is 1.50 bits per heavy atom. The minimum Gasteiger partial charge on any atom is -0.294 e. The van der Waals surface area contributed by atoms with Gasteiger partial charge in [0.2, 0.25) is 5.91 Å². The molecule has 0 bridgehead atoms. The summed E-state index contributed by atoms with van der Waals surface area (Å²) in [5, 5.41) is 0. The van der Waals surface area contributed by atoms with Crippen LogP contribution in [0.3, 0.4) is 0 Å². The molecule has 0 aromatic heterocycles. The first kappa shape index (κ1) is 7.54. The Morgan fingerprint density at radius 3 is 2.60 bits per heavy atom. The van der Waals surface area contributed by atoms with Crippen molar-refractivity contribution in [3.63, 3.8) is 0 Å². The molecule has 0 spiro atoms. The number of carbonyl (C=O) groups excluding carboxylic acids is 1. The summed E-state index contributed by atoms with van der Waals surface area (Å²) >= 11 is 0. The van der Waals surface area contributed by atoms with E-state index in [1.54, 1.807) is 0 Å². The second kappa shape index (κ2) is 3.56. The Labute approximate surface area is 60.9 Å². The van der Waals surface area contributed by atoms with Crippen LogP contribution in [0.5, 0.6) is 0 Å². The van der Waals surface area contributed by atoms with Crippen LogP contribution >= 0.6 is 0 Å². The van der Waals surface area contributed by atoms with Gasteiger partial charge in [0.1, 0.15) is 0 Å². The molecule has 3 nitrogen and oxygen atoms in total. The first-order chi connectivity index (χ1) is 4.83. The van der Waals surface area contributed by atoms with E-state index < -0.39 is 0 Å². The predicted molar refractivity (Wildman–Crippen MR) is 38.9 cm³/mol. The summed E-state index contributed by atoms with van der Waals surface area (Å²) in [5.74, 6) is 5.53. The lowest BCUT2D eigenvalue weighted by Gasteiger charge is -2.05. The molecule has 10 heavy (non-hydrogen) atoms. The Balaban J connectivity index is 2.17. The molecule has 1 amide bonds. The summed E-state index contributed by atoms with van der Waals surface area (Å²) in [4.78, 5) is 10.7. The molecule has 3 N–H and O–H groups in total. The van der Waals surface area contributed by atoms with E-state index in [4.69, 9.17) is 5.84 Å². The van der Waals surface area contributed by atoms with Crippen LogP contribution in [0.2, 0.25) is 0 Å². The number of hydrogen-bond donors (Lipinski definition) is 2. The fourth-order valence-corrected chi connectivity index (χ4v) is 1.54. The van der Waals surface area contributed by atoms with Gasteiger partial charge in [0.15, 0.2) is 0 Å². The van der Waals surface area contributed by atoms with Gasteiger partial charge in [-0.3, -0.25) is 10.2 Å². The molecule has 3 heteroatoms. The molecule has 0 aliphatic heterocycles. The van der Waals surface area contributed by atoms with Crippen LogP contribution in [0.15, 0.2) is 0 Å². The lowest BCUT2D eigenvalue weighted by Crippen LogP contribution is -2.31. The van der Waals surface area contributed by atoms with E-state index in [9.17, 15) is 4.79 Å². The number of amides is 1. The number of carbonyl (C=O) groups is 1. The van der Waals surface area contributed by atoms with Crippen molar-refractivity contribution in [2.75, 3.05) is 0 Å². The molecule has 0 aromatic rings. The summed E-state index contributed by atoms with van der Waals surface area (Å²) in [6.45, 7) is 0. The largest absolute Gasteiger partial charge is 0.294 e. The van der Waals surface area contributed by atoms with E-state index in [1.165, 1.54) is 25.7 Å². The van der Waals surface area contributed by atoms with Crippen LogP contribution in [0.1, 0.15) is 32.1 Å². The summed E-state index contributed by atoms with van der Waals surface area (Å²) in [7, 11) is 0. The zero-order chi connectivity index (χ0) is 7.40. The van der Waals surface area contributed by atoms with E-state index in [2.05, 4.69) is 5.43 Å². The molecule has 0 radical (unpaired) electrons. The second-order valence-electron chi connectivity index (χ2n) is 2.92. The number of nitrogens with two attached hydrogens (primary N) is 1. The molecule has 0 aromatic carbocycles. The van der Waals surface area contributed by atoms with Crippen molar-refractivity contribution in [2.24, 2.45) is 11.8 Å². The molecular weight excluding hydrogens is 128 g/mol. The highest BCUT2D eigenvalue weighted by molar-refractivity contribution is 5.75.